The van der Waals surface area contributed by atoms with Crippen molar-refractivity contribution < 1.29 is 19.2 Å². The molecule has 0 aliphatic heterocycles. The number of benzene rings is 1. The van der Waals surface area contributed by atoms with Crippen LogP contribution in [0, 0.1) is 0 Å². The fourth-order valence-corrected chi connectivity index (χ4v) is 4.92. The summed E-state index contributed by atoms with van der Waals surface area (Å²) in [5.74, 6) is -0.658. The van der Waals surface area contributed by atoms with Crippen molar-refractivity contribution in [3.05, 3.63) is 54.1 Å². The Morgan fingerprint density at radius 1 is 1.15 bits per heavy atom. The van der Waals surface area contributed by atoms with Gasteiger partial charge in [0.1, 0.15) is 0 Å². The molecule has 0 fully saturated rings. The third kappa shape index (κ3) is 10.1. The molecule has 0 amide bonds. The molecule has 0 radical (unpaired) electrons. The van der Waals surface area contributed by atoms with E-state index in [0.29, 0.717) is 17.0 Å². The maximum absolute atomic E-state index is 12.9. The standard InChI is InChI=1S/C25H36N4O4S/c1-2-3-4-5-6-7-8-9-10-11-12-16-22(34(33)18-17-23(30)31)24(32)20-14-13-15-21(19-20)25-26-28-29-27-25/h10-16,19,22,24,32H,2-9,17-18H2,1H3,(H,30,31)(H,26,27,28,29)/t22-,24+,34?/m1/s1. The number of nitrogens with zero attached hydrogens (tertiary/aromatic N) is 3. The molecule has 1 unspecified atom stereocenters. The second-order valence-electron chi connectivity index (χ2n) is 8.22. The fraction of sp³-hybridized carbons (Fsp3) is 0.520. The Hall–Kier alpha value is -2.65. The molecule has 1 aromatic carbocycles. The number of aliphatic carboxylic acids is 1. The van der Waals surface area contributed by atoms with Gasteiger partial charge in [-0.1, -0.05) is 88.0 Å². The van der Waals surface area contributed by atoms with Crippen LogP contribution < -0.4 is 0 Å². The van der Waals surface area contributed by atoms with E-state index in [2.05, 4.69) is 33.6 Å². The molecule has 3 N–H and O–H groups in total. The molecule has 0 aliphatic carbocycles. The molecule has 2 aromatic rings. The maximum Gasteiger partial charge on any atom is 0.304 e. The van der Waals surface area contributed by atoms with Crippen molar-refractivity contribution in [2.45, 2.75) is 76.1 Å². The molecule has 8 nitrogen and oxygen atoms in total. The summed E-state index contributed by atoms with van der Waals surface area (Å²) in [4.78, 5) is 11.0. The number of hydrogen-bond acceptors (Lipinski definition) is 6. The predicted molar refractivity (Wildman–Crippen MR) is 135 cm³/mol. The SMILES string of the molecule is CCCCCCCCCC=CC=C[C@H]([C@@H](O)c1cccc(-c2nn[nH]n2)c1)S(=O)CCC(=O)O. The number of H-pyrrole nitrogens is 1. The number of aliphatic hydroxyl groups excluding tert-OH is 1. The highest BCUT2D eigenvalue weighted by atomic mass is 32.2. The number of carboxylic acids is 1. The number of tetrazole rings is 1. The Morgan fingerprint density at radius 2 is 1.91 bits per heavy atom. The summed E-state index contributed by atoms with van der Waals surface area (Å²) in [7, 11) is -1.57. The van der Waals surface area contributed by atoms with Gasteiger partial charge in [-0.2, -0.15) is 5.21 Å². The van der Waals surface area contributed by atoms with Crippen molar-refractivity contribution >= 4 is 16.8 Å². The van der Waals surface area contributed by atoms with Crippen LogP contribution in [0.25, 0.3) is 11.4 Å². The molecule has 186 valence electrons. The number of hydrogen-bond donors (Lipinski definition) is 3. The number of unbranched alkanes of at least 4 members (excludes halogenated alkanes) is 7. The molecule has 0 bridgehead atoms. The van der Waals surface area contributed by atoms with E-state index in [0.717, 1.165) is 12.8 Å². The van der Waals surface area contributed by atoms with Gasteiger partial charge in [0.05, 0.1) is 17.8 Å². The van der Waals surface area contributed by atoms with E-state index in [9.17, 15) is 14.1 Å². The zero-order chi connectivity index (χ0) is 24.6. The second kappa shape index (κ2) is 16.1. The summed E-state index contributed by atoms with van der Waals surface area (Å²) in [5.41, 5.74) is 1.21. The number of aliphatic hydroxyl groups is 1. The molecule has 0 saturated heterocycles. The Bertz CT molecular complexity index is 931. The lowest BCUT2D eigenvalue weighted by Crippen LogP contribution is -2.24. The first-order valence-corrected chi connectivity index (χ1v) is 13.3. The molecule has 3 atom stereocenters. The highest BCUT2D eigenvalue weighted by Gasteiger charge is 2.25. The van der Waals surface area contributed by atoms with Crippen molar-refractivity contribution in [1.29, 1.82) is 0 Å². The Balaban J connectivity index is 1.99. The van der Waals surface area contributed by atoms with Crippen LogP contribution in [0.2, 0.25) is 0 Å². The van der Waals surface area contributed by atoms with E-state index in [1.807, 2.05) is 6.08 Å². The van der Waals surface area contributed by atoms with Crippen molar-refractivity contribution in [2.24, 2.45) is 0 Å². The van der Waals surface area contributed by atoms with Gasteiger partial charge in [0.25, 0.3) is 0 Å². The highest BCUT2D eigenvalue weighted by Crippen LogP contribution is 2.26. The molecule has 0 saturated carbocycles. The zero-order valence-electron chi connectivity index (χ0n) is 19.8. The Morgan fingerprint density at radius 3 is 2.62 bits per heavy atom. The van der Waals surface area contributed by atoms with E-state index in [-0.39, 0.29) is 12.2 Å². The van der Waals surface area contributed by atoms with Crippen LogP contribution in [-0.4, -0.2) is 52.0 Å². The first kappa shape index (κ1) is 27.6. The van der Waals surface area contributed by atoms with Crippen LogP contribution in [0.5, 0.6) is 0 Å². The number of rotatable bonds is 17. The molecule has 0 spiro atoms. The number of aromatic nitrogens is 4. The zero-order valence-corrected chi connectivity index (χ0v) is 20.6. The lowest BCUT2D eigenvalue weighted by molar-refractivity contribution is -0.136. The van der Waals surface area contributed by atoms with E-state index in [1.54, 1.807) is 36.4 Å². The molecule has 1 aromatic heterocycles. The number of nitrogens with one attached hydrogen (secondary N) is 1. The number of allylic oxidation sites excluding steroid dienone is 3. The van der Waals surface area contributed by atoms with E-state index >= 15 is 0 Å². The van der Waals surface area contributed by atoms with E-state index in [1.165, 1.54) is 38.5 Å². The van der Waals surface area contributed by atoms with Crippen LogP contribution in [-0.2, 0) is 15.6 Å². The van der Waals surface area contributed by atoms with Crippen LogP contribution >= 0.6 is 0 Å². The number of carboxylic acid groups (broad SMARTS) is 1. The smallest absolute Gasteiger partial charge is 0.304 e. The summed E-state index contributed by atoms with van der Waals surface area (Å²) in [5, 5.41) is 33.1. The first-order valence-electron chi connectivity index (χ1n) is 12.0. The molecule has 9 heteroatoms. The van der Waals surface area contributed by atoms with Gasteiger partial charge in [-0.15, -0.1) is 10.2 Å². The summed E-state index contributed by atoms with van der Waals surface area (Å²) < 4.78 is 12.9. The Labute approximate surface area is 204 Å². The summed E-state index contributed by atoms with van der Waals surface area (Å²) in [6, 6.07) is 7.01. The van der Waals surface area contributed by atoms with Crippen LogP contribution in [0.15, 0.2) is 48.6 Å². The Kier molecular flexibility index (Phi) is 13.0. The average molecular weight is 489 g/mol. The average Bonchev–Trinajstić information content (AvgIpc) is 3.38. The van der Waals surface area contributed by atoms with Crippen molar-refractivity contribution in [3.8, 4) is 11.4 Å². The normalized spacial score (nSPS) is 14.5. The lowest BCUT2D eigenvalue weighted by atomic mass is 10.0. The quantitative estimate of drug-likeness (QED) is 0.216. The minimum atomic E-state index is -1.57. The lowest BCUT2D eigenvalue weighted by Gasteiger charge is -2.20. The van der Waals surface area contributed by atoms with Gasteiger partial charge in [-0.25, -0.2) is 0 Å². The van der Waals surface area contributed by atoms with Crippen molar-refractivity contribution in [1.82, 2.24) is 20.6 Å². The largest absolute Gasteiger partial charge is 0.481 e. The third-order valence-corrected chi connectivity index (χ3v) is 7.11. The van der Waals surface area contributed by atoms with Gasteiger partial charge >= 0.3 is 5.97 Å². The molecular formula is C25H36N4O4S. The number of aromatic amines is 1. The third-order valence-electron chi connectivity index (χ3n) is 5.49. The van der Waals surface area contributed by atoms with Crippen LogP contribution in [0.1, 0.15) is 76.4 Å². The molecule has 0 aliphatic rings. The monoisotopic (exact) mass is 488 g/mol. The minimum Gasteiger partial charge on any atom is -0.481 e. The van der Waals surface area contributed by atoms with Gasteiger partial charge in [-0.3, -0.25) is 9.00 Å². The second-order valence-corrected chi connectivity index (χ2v) is 9.94. The van der Waals surface area contributed by atoms with Gasteiger partial charge in [0.15, 0.2) is 0 Å². The van der Waals surface area contributed by atoms with Crippen molar-refractivity contribution in [2.75, 3.05) is 5.75 Å². The minimum absolute atomic E-state index is 0.0340. The maximum atomic E-state index is 12.9. The number of carbonyl (C=O) groups is 1. The van der Waals surface area contributed by atoms with Crippen molar-refractivity contribution in [3.63, 3.8) is 0 Å². The van der Waals surface area contributed by atoms with Gasteiger partial charge in [0, 0.05) is 22.1 Å². The highest BCUT2D eigenvalue weighted by molar-refractivity contribution is 7.85. The molecular weight excluding hydrogens is 452 g/mol. The first-order chi connectivity index (χ1) is 16.5. The molecule has 1 heterocycles. The summed E-state index contributed by atoms with van der Waals surface area (Å²) >= 11 is 0. The topological polar surface area (TPSA) is 129 Å². The van der Waals surface area contributed by atoms with Crippen LogP contribution in [0.4, 0.5) is 0 Å². The summed E-state index contributed by atoms with van der Waals surface area (Å²) in [6.07, 6.45) is 15.9. The van der Waals surface area contributed by atoms with Gasteiger partial charge in [-0.05, 0) is 29.7 Å². The van der Waals surface area contributed by atoms with E-state index < -0.39 is 28.1 Å². The fourth-order valence-electron chi connectivity index (χ4n) is 3.56. The summed E-state index contributed by atoms with van der Waals surface area (Å²) in [6.45, 7) is 2.22. The van der Waals surface area contributed by atoms with E-state index in [4.69, 9.17) is 5.11 Å². The van der Waals surface area contributed by atoms with Gasteiger partial charge in [0.2, 0.25) is 5.82 Å². The molecule has 34 heavy (non-hydrogen) atoms. The molecule has 2 rings (SSSR count). The van der Waals surface area contributed by atoms with Crippen LogP contribution in [0.3, 0.4) is 0 Å². The van der Waals surface area contributed by atoms with Gasteiger partial charge < -0.3 is 10.2 Å². The predicted octanol–water partition coefficient (Wildman–Crippen LogP) is 4.75.